The molecule has 24 heavy (non-hydrogen) atoms. The van der Waals surface area contributed by atoms with E-state index in [-0.39, 0.29) is 11.8 Å². The number of amides is 2. The molecule has 2 aromatic carbocycles. The number of hydrogen-bond acceptors (Lipinski definition) is 3. The Balaban J connectivity index is 1.90. The Morgan fingerprint density at radius 3 is 2.79 bits per heavy atom. The van der Waals surface area contributed by atoms with Crippen LogP contribution < -0.4 is 16.0 Å². The van der Waals surface area contributed by atoms with E-state index in [0.717, 1.165) is 29.8 Å². The Labute approximate surface area is 141 Å². The smallest absolute Gasteiger partial charge is 0.258 e. The Morgan fingerprint density at radius 1 is 1.21 bits per heavy atom. The van der Waals surface area contributed by atoms with E-state index in [2.05, 4.69) is 5.32 Å². The van der Waals surface area contributed by atoms with Gasteiger partial charge in [-0.25, -0.2) is 0 Å². The molecule has 2 aromatic rings. The first-order valence-electron chi connectivity index (χ1n) is 8.19. The number of carbonyl (C=O) groups excluding carboxylic acids is 2. The number of fused-ring (bicyclic) bond motifs is 1. The number of hydrogen-bond donors (Lipinski definition) is 2. The summed E-state index contributed by atoms with van der Waals surface area (Å²) in [5.74, 6) is -0.148. The van der Waals surface area contributed by atoms with Gasteiger partial charge in [-0.3, -0.25) is 9.59 Å². The number of nitrogens with two attached hydrogens (primary N) is 1. The minimum atomic E-state index is -0.0749. The van der Waals surface area contributed by atoms with Gasteiger partial charge in [0.2, 0.25) is 5.91 Å². The summed E-state index contributed by atoms with van der Waals surface area (Å²) in [5.41, 5.74) is 9.89. The van der Waals surface area contributed by atoms with E-state index in [9.17, 15) is 9.59 Å². The molecule has 124 valence electrons. The van der Waals surface area contributed by atoms with E-state index in [4.69, 9.17) is 5.73 Å². The number of rotatable bonds is 3. The van der Waals surface area contributed by atoms with E-state index in [1.165, 1.54) is 0 Å². The van der Waals surface area contributed by atoms with Crippen LogP contribution in [0.1, 0.15) is 35.7 Å². The minimum Gasteiger partial charge on any atom is -0.398 e. The summed E-state index contributed by atoms with van der Waals surface area (Å²) >= 11 is 0. The maximum atomic E-state index is 13.0. The number of benzene rings is 2. The molecule has 5 nitrogen and oxygen atoms in total. The molecule has 0 bridgehead atoms. The first-order valence-corrected chi connectivity index (χ1v) is 8.19. The van der Waals surface area contributed by atoms with E-state index >= 15 is 0 Å². The monoisotopic (exact) mass is 323 g/mol. The topological polar surface area (TPSA) is 75.4 Å². The summed E-state index contributed by atoms with van der Waals surface area (Å²) in [4.78, 5) is 26.3. The molecule has 0 atom stereocenters. The quantitative estimate of drug-likeness (QED) is 0.852. The van der Waals surface area contributed by atoms with Gasteiger partial charge in [-0.05, 0) is 48.7 Å². The van der Waals surface area contributed by atoms with Crippen LogP contribution in [-0.4, -0.2) is 18.4 Å². The highest BCUT2D eigenvalue weighted by molar-refractivity contribution is 6.08. The molecule has 2 amide bonds. The third kappa shape index (κ3) is 3.11. The summed E-state index contributed by atoms with van der Waals surface area (Å²) < 4.78 is 0. The highest BCUT2D eigenvalue weighted by atomic mass is 16.2. The van der Waals surface area contributed by atoms with E-state index in [1.54, 1.807) is 36.1 Å². The Kier molecular flexibility index (Phi) is 4.51. The fraction of sp³-hybridized carbons (Fsp3) is 0.263. The van der Waals surface area contributed by atoms with Crippen LogP contribution in [0, 0.1) is 0 Å². The molecule has 0 fully saturated rings. The molecule has 3 rings (SSSR count). The molecule has 0 radical (unpaired) electrons. The Bertz CT molecular complexity index is 786. The van der Waals surface area contributed by atoms with Crippen LogP contribution in [0.5, 0.6) is 0 Å². The second-order valence-electron chi connectivity index (χ2n) is 5.89. The van der Waals surface area contributed by atoms with Crippen LogP contribution >= 0.6 is 0 Å². The maximum Gasteiger partial charge on any atom is 0.258 e. The van der Waals surface area contributed by atoms with Gasteiger partial charge in [-0.15, -0.1) is 0 Å². The van der Waals surface area contributed by atoms with Gasteiger partial charge in [0, 0.05) is 35.6 Å². The number of nitrogens with zero attached hydrogens (tertiary/aromatic N) is 1. The molecule has 0 spiro atoms. The number of nitrogens with one attached hydrogen (secondary N) is 1. The van der Waals surface area contributed by atoms with Crippen LogP contribution in [0.3, 0.4) is 0 Å². The zero-order valence-corrected chi connectivity index (χ0v) is 13.7. The second kappa shape index (κ2) is 6.74. The minimum absolute atomic E-state index is 0.0734. The van der Waals surface area contributed by atoms with Crippen LogP contribution in [0.25, 0.3) is 0 Å². The average molecular weight is 323 g/mol. The number of anilines is 3. The van der Waals surface area contributed by atoms with Crippen LogP contribution in [0.2, 0.25) is 0 Å². The SMILES string of the molecule is CCC(=O)Nc1cccc(C(=O)N2CCCc3c(N)cccc32)c1. The molecule has 1 aliphatic rings. The second-order valence-corrected chi connectivity index (χ2v) is 5.89. The zero-order valence-electron chi connectivity index (χ0n) is 13.7. The molecule has 0 aliphatic carbocycles. The normalized spacial score (nSPS) is 13.3. The molecular formula is C19H21N3O2. The molecule has 0 aromatic heterocycles. The Morgan fingerprint density at radius 2 is 2.00 bits per heavy atom. The van der Waals surface area contributed by atoms with Crippen molar-refractivity contribution in [3.63, 3.8) is 0 Å². The Hall–Kier alpha value is -2.82. The molecule has 3 N–H and O–H groups in total. The third-order valence-corrected chi connectivity index (χ3v) is 4.25. The van der Waals surface area contributed by atoms with E-state index in [1.807, 2.05) is 18.2 Å². The van der Waals surface area contributed by atoms with Crippen molar-refractivity contribution in [3.8, 4) is 0 Å². The van der Waals surface area contributed by atoms with Gasteiger partial charge < -0.3 is 16.0 Å². The number of nitrogen functional groups attached to an aromatic ring is 1. The van der Waals surface area contributed by atoms with Crippen molar-refractivity contribution in [1.82, 2.24) is 0 Å². The van der Waals surface area contributed by atoms with Gasteiger partial charge in [-0.1, -0.05) is 19.1 Å². The third-order valence-electron chi connectivity index (χ3n) is 4.25. The van der Waals surface area contributed by atoms with Crippen molar-refractivity contribution < 1.29 is 9.59 Å². The highest BCUT2D eigenvalue weighted by Gasteiger charge is 2.24. The molecule has 0 saturated carbocycles. The first-order chi connectivity index (χ1) is 11.6. The lowest BCUT2D eigenvalue weighted by Crippen LogP contribution is -2.35. The van der Waals surface area contributed by atoms with Crippen molar-refractivity contribution >= 4 is 28.9 Å². The molecule has 1 heterocycles. The molecule has 0 unspecified atom stereocenters. The van der Waals surface area contributed by atoms with E-state index < -0.39 is 0 Å². The van der Waals surface area contributed by atoms with Gasteiger partial charge in [-0.2, -0.15) is 0 Å². The first kappa shape index (κ1) is 16.1. The van der Waals surface area contributed by atoms with Crippen molar-refractivity contribution in [2.24, 2.45) is 0 Å². The lowest BCUT2D eigenvalue weighted by atomic mass is 9.99. The van der Waals surface area contributed by atoms with Crippen LogP contribution in [0.15, 0.2) is 42.5 Å². The van der Waals surface area contributed by atoms with Gasteiger partial charge >= 0.3 is 0 Å². The highest BCUT2D eigenvalue weighted by Crippen LogP contribution is 2.32. The summed E-state index contributed by atoms with van der Waals surface area (Å²) in [6.07, 6.45) is 2.18. The van der Waals surface area contributed by atoms with Gasteiger partial charge in [0.1, 0.15) is 0 Å². The molecule has 1 aliphatic heterocycles. The largest absolute Gasteiger partial charge is 0.398 e. The van der Waals surface area contributed by atoms with Gasteiger partial charge in [0.05, 0.1) is 0 Å². The van der Waals surface area contributed by atoms with Crippen LogP contribution in [-0.2, 0) is 11.2 Å². The van der Waals surface area contributed by atoms with Crippen molar-refractivity contribution in [2.75, 3.05) is 22.5 Å². The predicted molar refractivity (Wildman–Crippen MR) is 96.2 cm³/mol. The molecular weight excluding hydrogens is 302 g/mol. The lowest BCUT2D eigenvalue weighted by molar-refractivity contribution is -0.115. The predicted octanol–water partition coefficient (Wildman–Crippen LogP) is 3.21. The summed E-state index contributed by atoms with van der Waals surface area (Å²) in [7, 11) is 0. The molecule has 0 saturated heterocycles. The van der Waals surface area contributed by atoms with Crippen molar-refractivity contribution in [3.05, 3.63) is 53.6 Å². The average Bonchev–Trinajstić information content (AvgIpc) is 2.61. The fourth-order valence-electron chi connectivity index (χ4n) is 3.00. The maximum absolute atomic E-state index is 13.0. The lowest BCUT2D eigenvalue weighted by Gasteiger charge is -2.30. The summed E-state index contributed by atoms with van der Waals surface area (Å²) in [6, 6.07) is 12.7. The molecule has 5 heteroatoms. The zero-order chi connectivity index (χ0) is 17.1. The van der Waals surface area contributed by atoms with Gasteiger partial charge in [0.25, 0.3) is 5.91 Å². The van der Waals surface area contributed by atoms with Gasteiger partial charge in [0.15, 0.2) is 0 Å². The standard InChI is InChI=1S/C19H21N3O2/c1-2-18(23)21-14-7-3-6-13(12-14)19(24)22-11-5-8-15-16(20)9-4-10-17(15)22/h3-4,6-7,9-10,12H,2,5,8,11,20H2,1H3,(H,21,23). The van der Waals surface area contributed by atoms with Crippen molar-refractivity contribution in [2.45, 2.75) is 26.2 Å². The van der Waals surface area contributed by atoms with E-state index in [0.29, 0.717) is 24.2 Å². The fourth-order valence-corrected chi connectivity index (χ4v) is 3.00. The number of carbonyl (C=O) groups is 2. The van der Waals surface area contributed by atoms with Crippen LogP contribution in [0.4, 0.5) is 17.1 Å². The summed E-state index contributed by atoms with van der Waals surface area (Å²) in [6.45, 7) is 2.46. The summed E-state index contributed by atoms with van der Waals surface area (Å²) in [5, 5.41) is 2.79. The van der Waals surface area contributed by atoms with Crippen molar-refractivity contribution in [1.29, 1.82) is 0 Å².